The standard InChI is InChI=1S/C16H29NO2Si/c1-16(2,3)20(4,5)19-13-15(18)12-17-11-14-9-7-6-8-10-14/h6-10,15,17-18H,11-13H2,1-5H3. The van der Waals surface area contributed by atoms with Crippen LogP contribution in [0.15, 0.2) is 30.3 Å². The molecule has 0 radical (unpaired) electrons. The van der Waals surface area contributed by atoms with Crippen LogP contribution in [0.3, 0.4) is 0 Å². The van der Waals surface area contributed by atoms with E-state index in [2.05, 4.69) is 51.3 Å². The van der Waals surface area contributed by atoms with Crippen LogP contribution in [0.4, 0.5) is 0 Å². The summed E-state index contributed by atoms with van der Waals surface area (Å²) in [7, 11) is -1.76. The summed E-state index contributed by atoms with van der Waals surface area (Å²) in [6.45, 7) is 12.8. The molecular formula is C16H29NO2Si. The Morgan fingerprint density at radius 1 is 1.20 bits per heavy atom. The number of aliphatic hydroxyl groups excluding tert-OH is 1. The van der Waals surface area contributed by atoms with Crippen LogP contribution < -0.4 is 5.32 Å². The Kier molecular flexibility index (Phi) is 6.39. The normalized spacial score (nSPS) is 14.3. The molecule has 1 aromatic carbocycles. The summed E-state index contributed by atoms with van der Waals surface area (Å²) in [5.41, 5.74) is 1.23. The molecule has 0 saturated carbocycles. The van der Waals surface area contributed by atoms with Crippen molar-refractivity contribution < 1.29 is 9.53 Å². The molecule has 0 spiro atoms. The lowest BCUT2D eigenvalue weighted by Gasteiger charge is -2.36. The van der Waals surface area contributed by atoms with Crippen molar-refractivity contribution in [3.63, 3.8) is 0 Å². The third-order valence-electron chi connectivity index (χ3n) is 3.99. The van der Waals surface area contributed by atoms with Gasteiger partial charge in [-0.25, -0.2) is 0 Å². The fourth-order valence-electron chi connectivity index (χ4n) is 1.56. The second-order valence-electron chi connectivity index (χ2n) is 6.84. The molecule has 1 rings (SSSR count). The second kappa shape index (κ2) is 7.36. The monoisotopic (exact) mass is 295 g/mol. The quantitative estimate of drug-likeness (QED) is 0.759. The van der Waals surface area contributed by atoms with Crippen LogP contribution >= 0.6 is 0 Å². The summed E-state index contributed by atoms with van der Waals surface area (Å²) in [5, 5.41) is 13.4. The van der Waals surface area contributed by atoms with Gasteiger partial charge in [0.2, 0.25) is 0 Å². The minimum absolute atomic E-state index is 0.185. The molecule has 114 valence electrons. The average molecular weight is 295 g/mol. The zero-order chi connectivity index (χ0) is 15.2. The molecule has 1 aromatic rings. The van der Waals surface area contributed by atoms with E-state index in [0.29, 0.717) is 13.2 Å². The molecule has 0 aliphatic rings. The number of nitrogens with one attached hydrogen (secondary N) is 1. The topological polar surface area (TPSA) is 41.5 Å². The summed E-state index contributed by atoms with van der Waals surface area (Å²) in [6.07, 6.45) is -0.451. The van der Waals surface area contributed by atoms with Gasteiger partial charge in [0.15, 0.2) is 8.32 Å². The van der Waals surface area contributed by atoms with Gasteiger partial charge in [0.25, 0.3) is 0 Å². The minimum atomic E-state index is -1.76. The fourth-order valence-corrected chi connectivity index (χ4v) is 2.60. The van der Waals surface area contributed by atoms with E-state index in [1.54, 1.807) is 0 Å². The number of hydrogen-bond acceptors (Lipinski definition) is 3. The van der Waals surface area contributed by atoms with Gasteiger partial charge in [0.1, 0.15) is 0 Å². The van der Waals surface area contributed by atoms with Crippen molar-refractivity contribution in [3.8, 4) is 0 Å². The Bertz CT molecular complexity index is 387. The van der Waals surface area contributed by atoms with E-state index in [9.17, 15) is 5.11 Å². The molecule has 0 bridgehead atoms. The smallest absolute Gasteiger partial charge is 0.192 e. The molecule has 0 fully saturated rings. The van der Waals surface area contributed by atoms with Crippen molar-refractivity contribution in [1.29, 1.82) is 0 Å². The number of hydrogen-bond donors (Lipinski definition) is 2. The third-order valence-corrected chi connectivity index (χ3v) is 8.50. The predicted molar refractivity (Wildman–Crippen MR) is 87.3 cm³/mol. The van der Waals surface area contributed by atoms with Crippen LogP contribution in [0.25, 0.3) is 0 Å². The van der Waals surface area contributed by atoms with Gasteiger partial charge >= 0.3 is 0 Å². The molecule has 1 unspecified atom stereocenters. The van der Waals surface area contributed by atoms with E-state index in [1.165, 1.54) is 5.56 Å². The van der Waals surface area contributed by atoms with E-state index >= 15 is 0 Å². The zero-order valence-corrected chi connectivity index (χ0v) is 14.4. The zero-order valence-electron chi connectivity index (χ0n) is 13.4. The number of rotatable bonds is 7. The van der Waals surface area contributed by atoms with Crippen molar-refractivity contribution in [3.05, 3.63) is 35.9 Å². The lowest BCUT2D eigenvalue weighted by Crippen LogP contribution is -2.44. The van der Waals surface area contributed by atoms with Gasteiger partial charge in [0, 0.05) is 13.1 Å². The maximum atomic E-state index is 9.99. The van der Waals surface area contributed by atoms with Gasteiger partial charge in [-0.3, -0.25) is 0 Å². The maximum Gasteiger partial charge on any atom is 0.192 e. The lowest BCUT2D eigenvalue weighted by atomic mass is 10.2. The van der Waals surface area contributed by atoms with E-state index < -0.39 is 14.4 Å². The van der Waals surface area contributed by atoms with Gasteiger partial charge in [-0.05, 0) is 23.7 Å². The lowest BCUT2D eigenvalue weighted by molar-refractivity contribution is 0.0987. The highest BCUT2D eigenvalue weighted by Gasteiger charge is 2.37. The molecule has 0 heterocycles. The molecule has 0 amide bonds. The van der Waals surface area contributed by atoms with Crippen LogP contribution in [-0.4, -0.2) is 32.7 Å². The molecule has 2 N–H and O–H groups in total. The highest BCUT2D eigenvalue weighted by atomic mass is 28.4. The minimum Gasteiger partial charge on any atom is -0.414 e. The fraction of sp³-hybridized carbons (Fsp3) is 0.625. The molecule has 0 aliphatic heterocycles. The van der Waals surface area contributed by atoms with Crippen LogP contribution in [0.2, 0.25) is 18.1 Å². The molecule has 0 saturated heterocycles. The summed E-state index contributed by atoms with van der Waals surface area (Å²) in [6, 6.07) is 10.2. The van der Waals surface area contributed by atoms with Crippen molar-refractivity contribution in [2.24, 2.45) is 0 Å². The predicted octanol–water partition coefficient (Wildman–Crippen LogP) is 3.16. The van der Waals surface area contributed by atoms with E-state index in [1.807, 2.05) is 18.2 Å². The first-order valence-corrected chi connectivity index (χ1v) is 10.2. The third kappa shape index (κ3) is 5.75. The highest BCUT2D eigenvalue weighted by Crippen LogP contribution is 2.36. The molecular weight excluding hydrogens is 266 g/mol. The summed E-state index contributed by atoms with van der Waals surface area (Å²) in [5.74, 6) is 0. The van der Waals surface area contributed by atoms with Crippen molar-refractivity contribution in [2.75, 3.05) is 13.2 Å². The molecule has 20 heavy (non-hydrogen) atoms. The first-order valence-electron chi connectivity index (χ1n) is 7.29. The first kappa shape index (κ1) is 17.4. The Labute approximate surface area is 124 Å². The SMILES string of the molecule is CC(C)(C)[Si](C)(C)OCC(O)CNCc1ccccc1. The van der Waals surface area contributed by atoms with Gasteiger partial charge in [0.05, 0.1) is 12.7 Å². The van der Waals surface area contributed by atoms with E-state index in [-0.39, 0.29) is 5.04 Å². The largest absolute Gasteiger partial charge is 0.414 e. The van der Waals surface area contributed by atoms with Gasteiger partial charge in [-0.2, -0.15) is 0 Å². The van der Waals surface area contributed by atoms with E-state index in [4.69, 9.17) is 4.43 Å². The Balaban J connectivity index is 2.26. The number of aliphatic hydroxyl groups is 1. The average Bonchev–Trinajstić information content (AvgIpc) is 2.36. The second-order valence-corrected chi connectivity index (χ2v) is 11.7. The molecule has 3 nitrogen and oxygen atoms in total. The number of benzene rings is 1. The maximum absolute atomic E-state index is 9.99. The van der Waals surface area contributed by atoms with E-state index in [0.717, 1.165) is 6.54 Å². The van der Waals surface area contributed by atoms with Gasteiger partial charge in [-0.15, -0.1) is 0 Å². The van der Waals surface area contributed by atoms with Gasteiger partial charge in [-0.1, -0.05) is 51.1 Å². The summed E-state index contributed by atoms with van der Waals surface area (Å²) < 4.78 is 6.01. The van der Waals surface area contributed by atoms with Crippen LogP contribution in [0.5, 0.6) is 0 Å². The van der Waals surface area contributed by atoms with Gasteiger partial charge < -0.3 is 14.8 Å². The van der Waals surface area contributed by atoms with Crippen molar-refractivity contribution in [2.45, 2.75) is 51.6 Å². The Morgan fingerprint density at radius 2 is 1.80 bits per heavy atom. The Hall–Kier alpha value is -0.683. The van der Waals surface area contributed by atoms with Crippen molar-refractivity contribution >= 4 is 8.32 Å². The first-order chi connectivity index (χ1) is 9.22. The molecule has 0 aliphatic carbocycles. The van der Waals surface area contributed by atoms with Crippen LogP contribution in [0, 0.1) is 0 Å². The summed E-state index contributed by atoms with van der Waals surface area (Å²) >= 11 is 0. The summed E-state index contributed by atoms with van der Waals surface area (Å²) in [4.78, 5) is 0. The molecule has 0 aromatic heterocycles. The highest BCUT2D eigenvalue weighted by molar-refractivity contribution is 6.74. The van der Waals surface area contributed by atoms with Crippen molar-refractivity contribution in [1.82, 2.24) is 5.32 Å². The Morgan fingerprint density at radius 3 is 2.35 bits per heavy atom. The molecule has 4 heteroatoms. The van der Waals surface area contributed by atoms with Crippen LogP contribution in [0.1, 0.15) is 26.3 Å². The molecule has 1 atom stereocenters. The van der Waals surface area contributed by atoms with Crippen LogP contribution in [-0.2, 0) is 11.0 Å².